The van der Waals surface area contributed by atoms with Crippen LogP contribution in [0.1, 0.15) is 19.8 Å². The predicted octanol–water partition coefficient (Wildman–Crippen LogP) is -0.346. The number of hydrogen-bond acceptors (Lipinski definition) is 6. The fraction of sp³-hybridized carbons (Fsp3) is 0.889. The summed E-state index contributed by atoms with van der Waals surface area (Å²) in [4.78, 5) is 21.0. The van der Waals surface area contributed by atoms with E-state index in [1.165, 1.54) is 0 Å². The zero-order valence-electron chi connectivity index (χ0n) is 17.2. The number of amides is 1. The first-order chi connectivity index (χ1) is 14.0. The monoisotopic (exact) mass is 447 g/mol. The van der Waals surface area contributed by atoms with E-state index in [2.05, 4.69) is 15.2 Å². The van der Waals surface area contributed by atoms with Gasteiger partial charge in [0.1, 0.15) is 6.10 Å². The lowest BCUT2D eigenvalue weighted by Crippen LogP contribution is -2.55. The van der Waals surface area contributed by atoms with Crippen molar-refractivity contribution in [2.24, 2.45) is 4.99 Å². The van der Waals surface area contributed by atoms with Gasteiger partial charge in [-0.05, 0) is 19.8 Å². The molecule has 3 heterocycles. The molecule has 0 saturated carbocycles. The standard InChI is InChI=1S/C18H33N5O4S2/c1-2-19-18(20-5-15-29(25,26)23-10-13-28-14-11-23)22-8-6-21(7-9-22)17(24)16-4-3-12-27-16/h16H,2-15H2,1H3,(H,19,20). The maximum absolute atomic E-state index is 12.5. The maximum atomic E-state index is 12.5. The van der Waals surface area contributed by atoms with Crippen LogP contribution >= 0.6 is 11.8 Å². The summed E-state index contributed by atoms with van der Waals surface area (Å²) in [6.07, 6.45) is 1.49. The highest BCUT2D eigenvalue weighted by Gasteiger charge is 2.31. The molecule has 9 nitrogen and oxygen atoms in total. The average Bonchev–Trinajstić information content (AvgIpc) is 3.28. The lowest BCUT2D eigenvalue weighted by molar-refractivity contribution is -0.142. The van der Waals surface area contributed by atoms with Crippen LogP contribution in [0.5, 0.6) is 0 Å². The Balaban J connectivity index is 1.50. The van der Waals surface area contributed by atoms with E-state index in [9.17, 15) is 13.2 Å². The number of carbonyl (C=O) groups excluding carboxylic acids is 1. The second-order valence-electron chi connectivity index (χ2n) is 7.38. The Labute approximate surface area is 178 Å². The zero-order chi connectivity index (χ0) is 20.7. The van der Waals surface area contributed by atoms with Crippen molar-refractivity contribution in [2.75, 3.05) is 76.2 Å². The highest BCUT2D eigenvalue weighted by molar-refractivity contribution is 7.99. The summed E-state index contributed by atoms with van der Waals surface area (Å²) in [7, 11) is -3.25. The van der Waals surface area contributed by atoms with Gasteiger partial charge < -0.3 is 19.9 Å². The number of thioether (sulfide) groups is 1. The van der Waals surface area contributed by atoms with Crippen LogP contribution in [0.25, 0.3) is 0 Å². The lowest BCUT2D eigenvalue weighted by atomic mass is 10.2. The van der Waals surface area contributed by atoms with Crippen molar-refractivity contribution in [2.45, 2.75) is 25.9 Å². The van der Waals surface area contributed by atoms with Crippen molar-refractivity contribution in [1.29, 1.82) is 0 Å². The highest BCUT2D eigenvalue weighted by Crippen LogP contribution is 2.16. The lowest BCUT2D eigenvalue weighted by Gasteiger charge is -2.37. The minimum atomic E-state index is -3.25. The van der Waals surface area contributed by atoms with E-state index in [1.807, 2.05) is 11.8 Å². The van der Waals surface area contributed by atoms with E-state index in [0.717, 1.165) is 30.3 Å². The van der Waals surface area contributed by atoms with Gasteiger partial charge in [0.2, 0.25) is 10.0 Å². The topological polar surface area (TPSA) is 94.5 Å². The molecular formula is C18H33N5O4S2. The molecule has 0 radical (unpaired) electrons. The summed E-state index contributed by atoms with van der Waals surface area (Å²) in [6, 6.07) is 0. The van der Waals surface area contributed by atoms with E-state index in [-0.39, 0.29) is 24.3 Å². The van der Waals surface area contributed by atoms with Crippen molar-refractivity contribution < 1.29 is 17.9 Å². The number of piperazine rings is 1. The van der Waals surface area contributed by atoms with Gasteiger partial charge in [0.25, 0.3) is 5.91 Å². The molecule has 3 fully saturated rings. The third-order valence-corrected chi connectivity index (χ3v) is 8.20. The maximum Gasteiger partial charge on any atom is 0.251 e. The molecule has 0 aromatic rings. The summed E-state index contributed by atoms with van der Waals surface area (Å²) in [5, 5.41) is 3.25. The Kier molecular flexibility index (Phi) is 8.45. The molecule has 0 bridgehead atoms. The molecule has 3 aliphatic heterocycles. The number of carbonyl (C=O) groups is 1. The van der Waals surface area contributed by atoms with Gasteiger partial charge >= 0.3 is 0 Å². The van der Waals surface area contributed by atoms with Crippen LogP contribution in [0, 0.1) is 0 Å². The van der Waals surface area contributed by atoms with Crippen LogP contribution in [-0.4, -0.2) is 117 Å². The van der Waals surface area contributed by atoms with Gasteiger partial charge in [-0.25, -0.2) is 12.7 Å². The SMILES string of the molecule is CCNC(=NCCS(=O)(=O)N1CCSCC1)N1CCN(C(=O)C2CCCO2)CC1. The van der Waals surface area contributed by atoms with Crippen LogP contribution in [0.4, 0.5) is 0 Å². The van der Waals surface area contributed by atoms with Gasteiger partial charge in [-0.3, -0.25) is 9.79 Å². The minimum Gasteiger partial charge on any atom is -0.368 e. The largest absolute Gasteiger partial charge is 0.368 e. The van der Waals surface area contributed by atoms with Crippen LogP contribution < -0.4 is 5.32 Å². The number of aliphatic imine (C=N–C) groups is 1. The third kappa shape index (κ3) is 6.22. The summed E-state index contributed by atoms with van der Waals surface area (Å²) in [6.45, 7) is 7.43. The Bertz CT molecular complexity index is 668. The van der Waals surface area contributed by atoms with E-state index in [4.69, 9.17) is 4.74 Å². The molecule has 3 saturated heterocycles. The molecule has 3 aliphatic rings. The van der Waals surface area contributed by atoms with Gasteiger partial charge in [0.05, 0.1) is 12.3 Å². The fourth-order valence-electron chi connectivity index (χ4n) is 3.76. The molecule has 11 heteroatoms. The van der Waals surface area contributed by atoms with Crippen LogP contribution in [0.3, 0.4) is 0 Å². The van der Waals surface area contributed by atoms with Gasteiger partial charge in [-0.15, -0.1) is 0 Å². The molecule has 0 aliphatic carbocycles. The van der Waals surface area contributed by atoms with E-state index >= 15 is 0 Å². The number of hydrogen-bond donors (Lipinski definition) is 1. The molecule has 0 spiro atoms. The molecule has 1 unspecified atom stereocenters. The smallest absolute Gasteiger partial charge is 0.251 e. The number of guanidine groups is 1. The molecule has 3 rings (SSSR count). The summed E-state index contributed by atoms with van der Waals surface area (Å²) >= 11 is 1.79. The van der Waals surface area contributed by atoms with Crippen LogP contribution in [0.15, 0.2) is 4.99 Å². The molecule has 1 N–H and O–H groups in total. The number of nitrogens with zero attached hydrogens (tertiary/aromatic N) is 4. The summed E-state index contributed by atoms with van der Waals surface area (Å²) in [5.74, 6) is 2.57. The Morgan fingerprint density at radius 3 is 2.45 bits per heavy atom. The predicted molar refractivity (Wildman–Crippen MR) is 116 cm³/mol. The van der Waals surface area contributed by atoms with E-state index in [0.29, 0.717) is 52.4 Å². The first kappa shape index (κ1) is 22.6. The normalized spacial score (nSPS) is 24.7. The molecule has 0 aromatic heterocycles. The first-order valence-corrected chi connectivity index (χ1v) is 13.3. The quantitative estimate of drug-likeness (QED) is 0.439. The van der Waals surface area contributed by atoms with Crippen molar-refractivity contribution in [1.82, 2.24) is 19.4 Å². The Morgan fingerprint density at radius 2 is 1.83 bits per heavy atom. The molecule has 166 valence electrons. The first-order valence-electron chi connectivity index (χ1n) is 10.5. The van der Waals surface area contributed by atoms with Crippen molar-refractivity contribution in [3.63, 3.8) is 0 Å². The van der Waals surface area contributed by atoms with Gasteiger partial charge in [0, 0.05) is 63.9 Å². The molecule has 0 aromatic carbocycles. The number of sulfonamides is 1. The van der Waals surface area contributed by atoms with Crippen molar-refractivity contribution in [3.8, 4) is 0 Å². The third-order valence-electron chi connectivity index (χ3n) is 5.41. The van der Waals surface area contributed by atoms with Crippen molar-refractivity contribution >= 4 is 33.7 Å². The summed E-state index contributed by atoms with van der Waals surface area (Å²) < 4.78 is 32.1. The van der Waals surface area contributed by atoms with Crippen LogP contribution in [0.2, 0.25) is 0 Å². The Morgan fingerprint density at radius 1 is 1.14 bits per heavy atom. The molecular weight excluding hydrogens is 414 g/mol. The Hall–Kier alpha value is -1.04. The van der Waals surface area contributed by atoms with Gasteiger partial charge in [-0.2, -0.15) is 11.8 Å². The average molecular weight is 448 g/mol. The van der Waals surface area contributed by atoms with E-state index < -0.39 is 10.0 Å². The fourth-order valence-corrected chi connectivity index (χ4v) is 6.21. The number of ether oxygens (including phenoxy) is 1. The number of rotatable bonds is 6. The second-order valence-corrected chi connectivity index (χ2v) is 10.7. The number of nitrogens with one attached hydrogen (secondary N) is 1. The van der Waals surface area contributed by atoms with Gasteiger partial charge in [0.15, 0.2) is 5.96 Å². The van der Waals surface area contributed by atoms with Gasteiger partial charge in [-0.1, -0.05) is 0 Å². The molecule has 29 heavy (non-hydrogen) atoms. The second kappa shape index (κ2) is 10.8. The molecule has 1 amide bonds. The zero-order valence-corrected chi connectivity index (χ0v) is 18.8. The van der Waals surface area contributed by atoms with E-state index in [1.54, 1.807) is 16.1 Å². The summed E-state index contributed by atoms with van der Waals surface area (Å²) in [5.41, 5.74) is 0. The minimum absolute atomic E-state index is 0.0318. The van der Waals surface area contributed by atoms with Crippen molar-refractivity contribution in [3.05, 3.63) is 0 Å². The highest BCUT2D eigenvalue weighted by atomic mass is 32.2. The van der Waals surface area contributed by atoms with Crippen LogP contribution in [-0.2, 0) is 19.6 Å². The molecule has 1 atom stereocenters.